The van der Waals surface area contributed by atoms with Crippen molar-refractivity contribution >= 4 is 39.8 Å². The SMILES string of the molecule is Cc1cccc(NC(=O)CSc2cnc(N)s2)c1C. The lowest BCUT2D eigenvalue weighted by Gasteiger charge is -2.09. The lowest BCUT2D eigenvalue weighted by Crippen LogP contribution is -2.14. The molecule has 0 unspecified atom stereocenters. The van der Waals surface area contributed by atoms with E-state index in [0.717, 1.165) is 15.5 Å². The van der Waals surface area contributed by atoms with Crippen molar-refractivity contribution in [1.29, 1.82) is 0 Å². The van der Waals surface area contributed by atoms with Gasteiger partial charge in [0.2, 0.25) is 5.91 Å². The molecule has 1 aromatic carbocycles. The Kier molecular flexibility index (Phi) is 4.44. The predicted octanol–water partition coefficient (Wildman–Crippen LogP) is 3.07. The molecule has 2 rings (SSSR count). The van der Waals surface area contributed by atoms with Gasteiger partial charge in [-0.1, -0.05) is 23.5 Å². The summed E-state index contributed by atoms with van der Waals surface area (Å²) in [6.45, 7) is 4.03. The van der Waals surface area contributed by atoms with Gasteiger partial charge in [0.05, 0.1) is 16.2 Å². The van der Waals surface area contributed by atoms with Crippen LogP contribution in [0.25, 0.3) is 0 Å². The van der Waals surface area contributed by atoms with E-state index in [2.05, 4.69) is 10.3 Å². The second-order valence-electron chi connectivity index (χ2n) is 4.10. The van der Waals surface area contributed by atoms with Crippen LogP contribution in [-0.2, 0) is 4.79 Å². The second kappa shape index (κ2) is 6.08. The van der Waals surface area contributed by atoms with Gasteiger partial charge in [-0.3, -0.25) is 4.79 Å². The maximum atomic E-state index is 11.9. The van der Waals surface area contributed by atoms with Crippen LogP contribution in [0, 0.1) is 13.8 Å². The predicted molar refractivity (Wildman–Crippen MR) is 81.8 cm³/mol. The monoisotopic (exact) mass is 293 g/mol. The van der Waals surface area contributed by atoms with Crippen LogP contribution in [0.2, 0.25) is 0 Å². The molecule has 0 saturated carbocycles. The average molecular weight is 293 g/mol. The fraction of sp³-hybridized carbons (Fsp3) is 0.231. The van der Waals surface area contributed by atoms with Gasteiger partial charge in [0.1, 0.15) is 0 Å². The van der Waals surface area contributed by atoms with Crippen LogP contribution in [0.5, 0.6) is 0 Å². The number of rotatable bonds is 4. The van der Waals surface area contributed by atoms with Crippen LogP contribution < -0.4 is 11.1 Å². The standard InChI is InChI=1S/C13H15N3OS2/c1-8-4-3-5-10(9(8)2)16-11(17)7-18-12-6-15-13(14)19-12/h3-6H,7H2,1-2H3,(H2,14,15)(H,16,17). The summed E-state index contributed by atoms with van der Waals surface area (Å²) in [5.74, 6) is 0.334. The first-order valence-electron chi connectivity index (χ1n) is 5.76. The number of thiazole rings is 1. The van der Waals surface area contributed by atoms with Crippen LogP contribution in [0.1, 0.15) is 11.1 Å². The van der Waals surface area contributed by atoms with E-state index in [1.165, 1.54) is 28.7 Å². The molecule has 0 bridgehead atoms. The molecule has 4 nitrogen and oxygen atoms in total. The van der Waals surface area contributed by atoms with Crippen LogP contribution in [-0.4, -0.2) is 16.6 Å². The van der Waals surface area contributed by atoms with Crippen molar-refractivity contribution in [1.82, 2.24) is 4.98 Å². The molecule has 3 N–H and O–H groups in total. The zero-order valence-corrected chi connectivity index (χ0v) is 12.4. The van der Waals surface area contributed by atoms with Gasteiger partial charge in [-0.2, -0.15) is 0 Å². The summed E-state index contributed by atoms with van der Waals surface area (Å²) >= 11 is 2.83. The molecule has 6 heteroatoms. The number of hydrogen-bond donors (Lipinski definition) is 2. The summed E-state index contributed by atoms with van der Waals surface area (Å²) in [6.07, 6.45) is 1.69. The van der Waals surface area contributed by atoms with E-state index in [4.69, 9.17) is 5.73 Å². The molecular formula is C13H15N3OS2. The Morgan fingerprint density at radius 1 is 1.47 bits per heavy atom. The van der Waals surface area contributed by atoms with Crippen molar-refractivity contribution in [3.05, 3.63) is 35.5 Å². The van der Waals surface area contributed by atoms with Crippen LogP contribution in [0.4, 0.5) is 10.8 Å². The number of carbonyl (C=O) groups excluding carboxylic acids is 1. The molecule has 0 aliphatic rings. The Morgan fingerprint density at radius 3 is 2.95 bits per heavy atom. The number of nitrogen functional groups attached to an aromatic ring is 1. The van der Waals surface area contributed by atoms with Gasteiger partial charge in [0.15, 0.2) is 5.13 Å². The quantitative estimate of drug-likeness (QED) is 0.850. The van der Waals surface area contributed by atoms with E-state index < -0.39 is 0 Å². The normalized spacial score (nSPS) is 10.4. The maximum Gasteiger partial charge on any atom is 0.234 e. The number of nitrogens with one attached hydrogen (secondary N) is 1. The van der Waals surface area contributed by atoms with Gasteiger partial charge < -0.3 is 11.1 Å². The third-order valence-electron chi connectivity index (χ3n) is 2.73. The van der Waals surface area contributed by atoms with Crippen LogP contribution in [0.15, 0.2) is 28.6 Å². The smallest absolute Gasteiger partial charge is 0.234 e. The van der Waals surface area contributed by atoms with Gasteiger partial charge in [-0.15, -0.1) is 11.8 Å². The Morgan fingerprint density at radius 2 is 2.26 bits per heavy atom. The van der Waals surface area contributed by atoms with E-state index in [1.54, 1.807) is 6.20 Å². The first-order valence-corrected chi connectivity index (χ1v) is 7.56. The highest BCUT2D eigenvalue weighted by Gasteiger charge is 2.08. The minimum atomic E-state index is -0.0225. The summed E-state index contributed by atoms with van der Waals surface area (Å²) in [6, 6.07) is 5.88. The lowest BCUT2D eigenvalue weighted by atomic mass is 10.1. The highest BCUT2D eigenvalue weighted by Crippen LogP contribution is 2.26. The molecule has 0 fully saturated rings. The molecule has 1 heterocycles. The zero-order valence-electron chi connectivity index (χ0n) is 10.8. The maximum absolute atomic E-state index is 11.9. The summed E-state index contributed by atoms with van der Waals surface area (Å²) < 4.78 is 0.952. The van der Waals surface area contributed by atoms with Crippen LogP contribution >= 0.6 is 23.1 Å². The molecular weight excluding hydrogens is 278 g/mol. The zero-order chi connectivity index (χ0) is 13.8. The van der Waals surface area contributed by atoms with Crippen molar-refractivity contribution in [2.24, 2.45) is 0 Å². The Labute approximate surface area is 120 Å². The van der Waals surface area contributed by atoms with Gasteiger partial charge in [0, 0.05) is 5.69 Å². The molecule has 0 aliphatic carbocycles. The number of nitrogens with two attached hydrogens (primary N) is 1. The molecule has 1 aromatic heterocycles. The molecule has 2 aromatic rings. The summed E-state index contributed by atoms with van der Waals surface area (Å²) in [7, 11) is 0. The lowest BCUT2D eigenvalue weighted by molar-refractivity contribution is -0.113. The fourth-order valence-corrected chi connectivity index (χ4v) is 3.11. The van der Waals surface area contributed by atoms with Crippen molar-refractivity contribution in [3.63, 3.8) is 0 Å². The minimum Gasteiger partial charge on any atom is -0.375 e. The molecule has 0 aliphatic heterocycles. The number of aromatic nitrogens is 1. The third kappa shape index (κ3) is 3.71. The number of hydrogen-bond acceptors (Lipinski definition) is 5. The Bertz CT molecular complexity index is 595. The first-order chi connectivity index (χ1) is 9.06. The fourth-order valence-electron chi connectivity index (χ4n) is 1.55. The summed E-state index contributed by atoms with van der Waals surface area (Å²) in [5.41, 5.74) is 8.68. The Hall–Kier alpha value is -1.53. The number of anilines is 2. The van der Waals surface area contributed by atoms with Gasteiger partial charge in [-0.25, -0.2) is 4.98 Å². The molecule has 0 spiro atoms. The molecule has 0 saturated heterocycles. The highest BCUT2D eigenvalue weighted by molar-refractivity contribution is 8.01. The largest absolute Gasteiger partial charge is 0.375 e. The molecule has 1 amide bonds. The average Bonchev–Trinajstić information content (AvgIpc) is 2.78. The second-order valence-corrected chi connectivity index (χ2v) is 6.44. The molecule has 0 radical (unpaired) electrons. The van der Waals surface area contributed by atoms with E-state index in [1.807, 2.05) is 32.0 Å². The van der Waals surface area contributed by atoms with Gasteiger partial charge >= 0.3 is 0 Å². The number of nitrogens with zero attached hydrogens (tertiary/aromatic N) is 1. The van der Waals surface area contributed by atoms with E-state index in [0.29, 0.717) is 10.9 Å². The van der Waals surface area contributed by atoms with E-state index in [9.17, 15) is 4.79 Å². The topological polar surface area (TPSA) is 68.0 Å². The molecule has 19 heavy (non-hydrogen) atoms. The van der Waals surface area contributed by atoms with E-state index in [-0.39, 0.29) is 5.91 Å². The Balaban J connectivity index is 1.92. The number of amides is 1. The first kappa shape index (κ1) is 13.9. The van der Waals surface area contributed by atoms with Crippen molar-refractivity contribution in [2.75, 3.05) is 16.8 Å². The van der Waals surface area contributed by atoms with Crippen LogP contribution in [0.3, 0.4) is 0 Å². The summed E-state index contributed by atoms with van der Waals surface area (Å²) in [5, 5.41) is 3.45. The van der Waals surface area contributed by atoms with Gasteiger partial charge in [0.25, 0.3) is 0 Å². The van der Waals surface area contributed by atoms with Crippen molar-refractivity contribution in [3.8, 4) is 0 Å². The molecule has 100 valence electrons. The molecule has 0 atom stereocenters. The number of carbonyl (C=O) groups is 1. The van der Waals surface area contributed by atoms with E-state index >= 15 is 0 Å². The number of benzene rings is 1. The third-order valence-corrected chi connectivity index (χ3v) is 4.75. The number of thioether (sulfide) groups is 1. The van der Waals surface area contributed by atoms with Crippen molar-refractivity contribution < 1.29 is 4.79 Å². The van der Waals surface area contributed by atoms with Gasteiger partial charge in [-0.05, 0) is 31.0 Å². The van der Waals surface area contributed by atoms with Crippen molar-refractivity contribution in [2.45, 2.75) is 18.1 Å². The summed E-state index contributed by atoms with van der Waals surface area (Å²) in [4.78, 5) is 15.8. The highest BCUT2D eigenvalue weighted by atomic mass is 32.2. The minimum absolute atomic E-state index is 0.0225. The number of aryl methyl sites for hydroxylation is 1.